The SMILES string of the molecule is N#Cc1ccc(Nc2cccc(N3CCCC3=O)c2)c([N+](=O)[O-])c1. The van der Waals surface area contributed by atoms with E-state index in [1.807, 2.05) is 12.1 Å². The van der Waals surface area contributed by atoms with Crippen LogP contribution in [0, 0.1) is 21.4 Å². The molecule has 1 aliphatic heterocycles. The minimum atomic E-state index is -0.531. The summed E-state index contributed by atoms with van der Waals surface area (Å²) in [6.45, 7) is 0.680. The lowest BCUT2D eigenvalue weighted by molar-refractivity contribution is -0.383. The fraction of sp³-hybridized carbons (Fsp3) is 0.176. The second-order valence-corrected chi connectivity index (χ2v) is 5.43. The predicted molar refractivity (Wildman–Crippen MR) is 89.1 cm³/mol. The van der Waals surface area contributed by atoms with Gasteiger partial charge in [-0.3, -0.25) is 14.9 Å². The quantitative estimate of drug-likeness (QED) is 0.687. The zero-order chi connectivity index (χ0) is 17.1. The lowest BCUT2D eigenvalue weighted by atomic mass is 10.1. The fourth-order valence-corrected chi connectivity index (χ4v) is 2.69. The van der Waals surface area contributed by atoms with E-state index in [1.54, 1.807) is 23.1 Å². The Bertz CT molecular complexity index is 857. The Labute approximate surface area is 138 Å². The van der Waals surface area contributed by atoms with Crippen LogP contribution in [0.5, 0.6) is 0 Å². The molecule has 1 heterocycles. The third-order valence-electron chi connectivity index (χ3n) is 3.83. The lowest BCUT2D eigenvalue weighted by Crippen LogP contribution is -2.23. The van der Waals surface area contributed by atoms with Crippen molar-refractivity contribution in [1.82, 2.24) is 0 Å². The second-order valence-electron chi connectivity index (χ2n) is 5.43. The Morgan fingerprint density at radius 1 is 1.25 bits per heavy atom. The molecule has 0 bridgehead atoms. The van der Waals surface area contributed by atoms with Gasteiger partial charge in [-0.1, -0.05) is 6.07 Å². The molecule has 0 atom stereocenters. The summed E-state index contributed by atoms with van der Waals surface area (Å²) in [6, 6.07) is 13.3. The Morgan fingerprint density at radius 3 is 2.75 bits per heavy atom. The van der Waals surface area contributed by atoms with E-state index in [1.165, 1.54) is 18.2 Å². The molecule has 1 N–H and O–H groups in total. The minimum Gasteiger partial charge on any atom is -0.350 e. The number of nitro groups is 1. The van der Waals surface area contributed by atoms with Crippen molar-refractivity contribution in [3.05, 3.63) is 58.1 Å². The number of carbonyl (C=O) groups is 1. The van der Waals surface area contributed by atoms with E-state index in [-0.39, 0.29) is 17.2 Å². The molecule has 120 valence electrons. The topological polar surface area (TPSA) is 99.3 Å². The summed E-state index contributed by atoms with van der Waals surface area (Å²) in [5, 5.41) is 23.1. The molecule has 7 heteroatoms. The molecule has 24 heavy (non-hydrogen) atoms. The number of nitrogens with one attached hydrogen (secondary N) is 1. The summed E-state index contributed by atoms with van der Waals surface area (Å²) in [5.41, 5.74) is 1.75. The van der Waals surface area contributed by atoms with Crippen LogP contribution in [0.1, 0.15) is 18.4 Å². The Balaban J connectivity index is 1.91. The van der Waals surface area contributed by atoms with Gasteiger partial charge in [0.1, 0.15) is 5.69 Å². The van der Waals surface area contributed by atoms with Crippen molar-refractivity contribution in [2.24, 2.45) is 0 Å². The van der Waals surface area contributed by atoms with Gasteiger partial charge in [-0.25, -0.2) is 0 Å². The first kappa shape index (κ1) is 15.5. The van der Waals surface area contributed by atoms with Crippen molar-refractivity contribution in [1.29, 1.82) is 5.26 Å². The van der Waals surface area contributed by atoms with Crippen LogP contribution >= 0.6 is 0 Å². The van der Waals surface area contributed by atoms with Gasteiger partial charge in [0.15, 0.2) is 0 Å². The van der Waals surface area contributed by atoms with Crippen molar-refractivity contribution in [2.45, 2.75) is 12.8 Å². The third kappa shape index (κ3) is 3.03. The highest BCUT2D eigenvalue weighted by atomic mass is 16.6. The molecule has 0 spiro atoms. The molecule has 0 aromatic heterocycles. The minimum absolute atomic E-state index is 0.0801. The van der Waals surface area contributed by atoms with Gasteiger partial charge < -0.3 is 10.2 Å². The summed E-state index contributed by atoms with van der Waals surface area (Å²) in [6.07, 6.45) is 1.37. The van der Waals surface area contributed by atoms with E-state index >= 15 is 0 Å². The molecular formula is C17H14N4O3. The summed E-state index contributed by atoms with van der Waals surface area (Å²) >= 11 is 0. The lowest BCUT2D eigenvalue weighted by Gasteiger charge is -2.17. The van der Waals surface area contributed by atoms with Crippen molar-refractivity contribution < 1.29 is 9.72 Å². The Morgan fingerprint density at radius 2 is 2.08 bits per heavy atom. The molecule has 0 radical (unpaired) electrons. The summed E-state index contributed by atoms with van der Waals surface area (Å²) in [5.74, 6) is 0.0801. The predicted octanol–water partition coefficient (Wildman–Crippen LogP) is 3.34. The standard InChI is InChI=1S/C17H14N4O3/c18-11-12-6-7-15(16(9-12)21(23)24)19-13-3-1-4-14(10-13)20-8-2-5-17(20)22/h1,3-4,6-7,9-10,19H,2,5,8H2. The van der Waals surface area contributed by atoms with E-state index in [0.29, 0.717) is 24.3 Å². The molecule has 2 aromatic rings. The average molecular weight is 322 g/mol. The average Bonchev–Trinajstić information content (AvgIpc) is 3.01. The largest absolute Gasteiger partial charge is 0.350 e. The number of nitrogens with zero attached hydrogens (tertiary/aromatic N) is 3. The highest BCUT2D eigenvalue weighted by Gasteiger charge is 2.22. The number of nitriles is 1. The van der Waals surface area contributed by atoms with Gasteiger partial charge in [-0.15, -0.1) is 0 Å². The normalized spacial score (nSPS) is 13.6. The third-order valence-corrected chi connectivity index (χ3v) is 3.83. The number of rotatable bonds is 4. The molecule has 7 nitrogen and oxygen atoms in total. The van der Waals surface area contributed by atoms with Gasteiger partial charge in [0.25, 0.3) is 5.69 Å². The van der Waals surface area contributed by atoms with Gasteiger partial charge in [0, 0.05) is 30.4 Å². The molecular weight excluding hydrogens is 308 g/mol. The molecule has 0 aliphatic carbocycles. The van der Waals surface area contributed by atoms with Crippen molar-refractivity contribution in [3.63, 3.8) is 0 Å². The summed E-state index contributed by atoms with van der Waals surface area (Å²) in [4.78, 5) is 24.2. The van der Waals surface area contributed by atoms with E-state index in [2.05, 4.69) is 5.32 Å². The van der Waals surface area contributed by atoms with Crippen LogP contribution in [0.2, 0.25) is 0 Å². The van der Waals surface area contributed by atoms with Crippen LogP contribution in [0.15, 0.2) is 42.5 Å². The maximum Gasteiger partial charge on any atom is 0.293 e. The van der Waals surface area contributed by atoms with E-state index in [9.17, 15) is 14.9 Å². The number of anilines is 3. The number of amides is 1. The molecule has 0 unspecified atom stereocenters. The van der Waals surface area contributed by atoms with Crippen LogP contribution in [0.3, 0.4) is 0 Å². The smallest absolute Gasteiger partial charge is 0.293 e. The van der Waals surface area contributed by atoms with Crippen LogP contribution in [0.25, 0.3) is 0 Å². The van der Waals surface area contributed by atoms with Crippen molar-refractivity contribution >= 4 is 28.7 Å². The monoisotopic (exact) mass is 322 g/mol. The summed E-state index contributed by atoms with van der Waals surface area (Å²) in [7, 11) is 0. The number of benzene rings is 2. The van der Waals surface area contributed by atoms with Crippen LogP contribution in [-0.4, -0.2) is 17.4 Å². The number of carbonyl (C=O) groups excluding carboxylic acids is 1. The van der Waals surface area contributed by atoms with Crippen LogP contribution in [-0.2, 0) is 4.79 Å². The summed E-state index contributed by atoms with van der Waals surface area (Å²) < 4.78 is 0. The first-order valence-electron chi connectivity index (χ1n) is 7.44. The van der Waals surface area contributed by atoms with Gasteiger partial charge >= 0.3 is 0 Å². The highest BCUT2D eigenvalue weighted by Crippen LogP contribution is 2.31. The van der Waals surface area contributed by atoms with E-state index in [0.717, 1.165) is 12.1 Å². The molecule has 1 amide bonds. The van der Waals surface area contributed by atoms with Crippen LogP contribution in [0.4, 0.5) is 22.7 Å². The molecule has 3 rings (SSSR count). The molecule has 1 saturated heterocycles. The number of hydrogen-bond acceptors (Lipinski definition) is 5. The zero-order valence-electron chi connectivity index (χ0n) is 12.7. The first-order chi connectivity index (χ1) is 11.6. The van der Waals surface area contributed by atoms with Crippen molar-refractivity contribution in [3.8, 4) is 6.07 Å². The molecule has 1 fully saturated rings. The van der Waals surface area contributed by atoms with Crippen LogP contribution < -0.4 is 10.2 Å². The Kier molecular flexibility index (Phi) is 4.12. The van der Waals surface area contributed by atoms with Gasteiger partial charge in [-0.05, 0) is 36.8 Å². The molecule has 0 saturated carbocycles. The van der Waals surface area contributed by atoms with E-state index < -0.39 is 4.92 Å². The fourth-order valence-electron chi connectivity index (χ4n) is 2.69. The van der Waals surface area contributed by atoms with Gasteiger partial charge in [-0.2, -0.15) is 5.26 Å². The van der Waals surface area contributed by atoms with Gasteiger partial charge in [0.2, 0.25) is 5.91 Å². The Hall–Kier alpha value is -3.40. The maximum absolute atomic E-state index is 11.8. The number of hydrogen-bond donors (Lipinski definition) is 1. The highest BCUT2D eigenvalue weighted by molar-refractivity contribution is 5.95. The first-order valence-corrected chi connectivity index (χ1v) is 7.44. The van der Waals surface area contributed by atoms with E-state index in [4.69, 9.17) is 5.26 Å². The maximum atomic E-state index is 11.8. The second kappa shape index (κ2) is 6.38. The molecule has 1 aliphatic rings. The van der Waals surface area contributed by atoms with Gasteiger partial charge in [0.05, 0.1) is 16.6 Å². The van der Waals surface area contributed by atoms with Crippen molar-refractivity contribution in [2.75, 3.05) is 16.8 Å². The zero-order valence-corrected chi connectivity index (χ0v) is 12.7. The number of nitro benzene ring substituents is 1. The molecule has 2 aromatic carbocycles.